The second-order valence-corrected chi connectivity index (χ2v) is 5.47. The lowest BCUT2D eigenvalue weighted by Gasteiger charge is -2.17. The number of carbonyl (C=O) groups excluding carboxylic acids is 1. The number of ether oxygens (including phenoxy) is 1. The third-order valence-electron chi connectivity index (χ3n) is 3.25. The van der Waals surface area contributed by atoms with Crippen LogP contribution in [0.1, 0.15) is 43.0 Å². The summed E-state index contributed by atoms with van der Waals surface area (Å²) >= 11 is 1.22. The number of nitrogens with zero attached hydrogens (tertiary/aromatic N) is 1. The van der Waals surface area contributed by atoms with E-state index in [-0.39, 0.29) is 5.82 Å². The number of anilines is 2. The number of esters is 1. The number of carbonyl (C=O) groups is 1. The van der Waals surface area contributed by atoms with Crippen LogP contribution >= 0.6 is 11.5 Å². The van der Waals surface area contributed by atoms with E-state index >= 15 is 0 Å². The number of aromatic nitrogens is 1. The van der Waals surface area contributed by atoms with Gasteiger partial charge in [0.25, 0.3) is 0 Å². The first kappa shape index (κ1) is 13.1. The SMILES string of the molecule is CCC(CC1CC1)Nc1snc(N)c1C(=O)OC. The highest BCUT2D eigenvalue weighted by Gasteiger charge is 2.27. The van der Waals surface area contributed by atoms with Crippen LogP contribution in [-0.2, 0) is 4.74 Å². The zero-order chi connectivity index (χ0) is 13.1. The maximum Gasteiger partial charge on any atom is 0.344 e. The fraction of sp³-hybridized carbons (Fsp3) is 0.667. The van der Waals surface area contributed by atoms with E-state index < -0.39 is 5.97 Å². The third-order valence-corrected chi connectivity index (χ3v) is 4.04. The average molecular weight is 269 g/mol. The van der Waals surface area contributed by atoms with Crippen LogP contribution in [0.5, 0.6) is 0 Å². The number of hydrogen-bond donors (Lipinski definition) is 2. The van der Waals surface area contributed by atoms with E-state index in [9.17, 15) is 4.79 Å². The van der Waals surface area contributed by atoms with Gasteiger partial charge in [-0.2, -0.15) is 4.37 Å². The minimum absolute atomic E-state index is 0.246. The summed E-state index contributed by atoms with van der Waals surface area (Å²) in [6.45, 7) is 2.14. The summed E-state index contributed by atoms with van der Waals surface area (Å²) < 4.78 is 8.76. The molecule has 1 unspecified atom stereocenters. The van der Waals surface area contributed by atoms with E-state index in [2.05, 4.69) is 16.6 Å². The molecule has 1 aromatic heterocycles. The van der Waals surface area contributed by atoms with Gasteiger partial charge in [-0.05, 0) is 30.3 Å². The Morgan fingerprint density at radius 3 is 2.94 bits per heavy atom. The maximum atomic E-state index is 11.6. The predicted molar refractivity (Wildman–Crippen MR) is 72.9 cm³/mol. The Hall–Kier alpha value is -1.30. The highest BCUT2D eigenvalue weighted by Crippen LogP contribution is 2.36. The molecule has 5 nitrogen and oxygen atoms in total. The summed E-state index contributed by atoms with van der Waals surface area (Å²) in [6.07, 6.45) is 4.82. The quantitative estimate of drug-likeness (QED) is 0.776. The minimum Gasteiger partial charge on any atom is -0.465 e. The number of nitrogen functional groups attached to an aromatic ring is 1. The first-order valence-electron chi connectivity index (χ1n) is 6.25. The Labute approximate surface area is 111 Å². The van der Waals surface area contributed by atoms with Crippen molar-refractivity contribution in [3.05, 3.63) is 5.56 Å². The van der Waals surface area contributed by atoms with Crippen LogP contribution in [0, 0.1) is 5.92 Å². The number of rotatable bonds is 6. The Balaban J connectivity index is 2.09. The van der Waals surface area contributed by atoms with Crippen LogP contribution < -0.4 is 11.1 Å². The second-order valence-electron chi connectivity index (χ2n) is 4.69. The van der Waals surface area contributed by atoms with Crippen molar-refractivity contribution in [1.29, 1.82) is 0 Å². The molecule has 3 N–H and O–H groups in total. The average Bonchev–Trinajstić information content (AvgIpc) is 3.11. The lowest BCUT2D eigenvalue weighted by molar-refractivity contribution is 0.0603. The van der Waals surface area contributed by atoms with Crippen LogP contribution in [0.3, 0.4) is 0 Å². The summed E-state index contributed by atoms with van der Waals surface area (Å²) in [7, 11) is 1.35. The molecular weight excluding hydrogens is 250 g/mol. The summed E-state index contributed by atoms with van der Waals surface area (Å²) in [5.41, 5.74) is 6.08. The maximum absolute atomic E-state index is 11.6. The van der Waals surface area contributed by atoms with E-state index in [4.69, 9.17) is 10.5 Å². The molecule has 0 aliphatic heterocycles. The molecule has 0 saturated heterocycles. The first-order valence-corrected chi connectivity index (χ1v) is 7.03. The fourth-order valence-electron chi connectivity index (χ4n) is 1.97. The van der Waals surface area contributed by atoms with Gasteiger partial charge in [0.15, 0.2) is 5.82 Å². The summed E-state index contributed by atoms with van der Waals surface area (Å²) in [5, 5.41) is 4.11. The van der Waals surface area contributed by atoms with Crippen molar-refractivity contribution in [2.75, 3.05) is 18.2 Å². The molecule has 0 spiro atoms. The van der Waals surface area contributed by atoms with Gasteiger partial charge < -0.3 is 15.8 Å². The fourth-order valence-corrected chi connectivity index (χ4v) is 2.75. The van der Waals surface area contributed by atoms with Gasteiger partial charge >= 0.3 is 5.97 Å². The molecule has 1 aromatic rings. The summed E-state index contributed by atoms with van der Waals surface area (Å²) in [6, 6.07) is 0.376. The molecular formula is C12H19N3O2S. The van der Waals surface area contributed by atoms with Crippen molar-refractivity contribution in [3.8, 4) is 0 Å². The number of nitrogens with one attached hydrogen (secondary N) is 1. The highest BCUT2D eigenvalue weighted by molar-refractivity contribution is 7.11. The van der Waals surface area contributed by atoms with Crippen molar-refractivity contribution < 1.29 is 9.53 Å². The zero-order valence-corrected chi connectivity index (χ0v) is 11.5. The van der Waals surface area contributed by atoms with Gasteiger partial charge in [0.1, 0.15) is 10.6 Å². The van der Waals surface area contributed by atoms with Gasteiger partial charge in [0, 0.05) is 6.04 Å². The van der Waals surface area contributed by atoms with Gasteiger partial charge in [-0.1, -0.05) is 19.8 Å². The van der Waals surface area contributed by atoms with Crippen molar-refractivity contribution in [2.45, 2.75) is 38.6 Å². The van der Waals surface area contributed by atoms with Gasteiger partial charge in [-0.25, -0.2) is 4.79 Å². The van der Waals surface area contributed by atoms with Crippen LogP contribution in [0.15, 0.2) is 0 Å². The van der Waals surface area contributed by atoms with Gasteiger partial charge in [-0.15, -0.1) is 0 Å². The molecule has 0 aromatic carbocycles. The minimum atomic E-state index is -0.426. The number of methoxy groups -OCH3 is 1. The molecule has 1 fully saturated rings. The first-order chi connectivity index (χ1) is 8.65. The zero-order valence-electron chi connectivity index (χ0n) is 10.7. The largest absolute Gasteiger partial charge is 0.465 e. The molecule has 0 radical (unpaired) electrons. The Bertz CT molecular complexity index is 429. The Morgan fingerprint density at radius 1 is 1.67 bits per heavy atom. The summed E-state index contributed by atoms with van der Waals surface area (Å²) in [5.74, 6) is 0.662. The van der Waals surface area contributed by atoms with Crippen molar-refractivity contribution >= 4 is 28.3 Å². The molecule has 1 saturated carbocycles. The van der Waals surface area contributed by atoms with Crippen LogP contribution in [0.4, 0.5) is 10.8 Å². The second kappa shape index (κ2) is 5.56. The van der Waals surface area contributed by atoms with E-state index in [1.165, 1.54) is 31.5 Å². The topological polar surface area (TPSA) is 77.2 Å². The molecule has 0 bridgehead atoms. The van der Waals surface area contributed by atoms with Crippen molar-refractivity contribution in [2.24, 2.45) is 5.92 Å². The standard InChI is InChI=1S/C12H19N3O2S/c1-3-8(6-7-4-5-7)14-11-9(12(16)17-2)10(13)15-18-11/h7-8,14H,3-6H2,1-2H3,(H2,13,15). The normalized spacial score (nSPS) is 16.3. The smallest absolute Gasteiger partial charge is 0.344 e. The number of nitrogens with two attached hydrogens (primary N) is 1. The lowest BCUT2D eigenvalue weighted by atomic mass is 10.1. The van der Waals surface area contributed by atoms with Gasteiger partial charge in [-0.3, -0.25) is 0 Å². The number of hydrogen-bond acceptors (Lipinski definition) is 6. The van der Waals surface area contributed by atoms with Crippen LogP contribution in [0.2, 0.25) is 0 Å². The van der Waals surface area contributed by atoms with E-state index in [0.717, 1.165) is 23.8 Å². The summed E-state index contributed by atoms with van der Waals surface area (Å²) in [4.78, 5) is 11.6. The van der Waals surface area contributed by atoms with Crippen LogP contribution in [0.25, 0.3) is 0 Å². The highest BCUT2D eigenvalue weighted by atomic mass is 32.1. The molecule has 0 amide bonds. The molecule has 100 valence electrons. The molecule has 2 rings (SSSR count). The molecule has 18 heavy (non-hydrogen) atoms. The monoisotopic (exact) mass is 269 g/mol. The van der Waals surface area contributed by atoms with Crippen molar-refractivity contribution in [3.63, 3.8) is 0 Å². The predicted octanol–water partition coefficient (Wildman–Crippen LogP) is 2.50. The Kier molecular flexibility index (Phi) is 4.06. The van der Waals surface area contributed by atoms with Gasteiger partial charge in [0.05, 0.1) is 7.11 Å². The third kappa shape index (κ3) is 2.93. The molecule has 1 heterocycles. The molecule has 1 atom stereocenters. The Morgan fingerprint density at radius 2 is 2.39 bits per heavy atom. The molecule has 1 aliphatic rings. The molecule has 1 aliphatic carbocycles. The van der Waals surface area contributed by atoms with Crippen LogP contribution in [-0.4, -0.2) is 23.5 Å². The lowest BCUT2D eigenvalue weighted by Crippen LogP contribution is -2.20. The van der Waals surface area contributed by atoms with Gasteiger partial charge in [0.2, 0.25) is 0 Å². The van der Waals surface area contributed by atoms with E-state index in [1.807, 2.05) is 0 Å². The van der Waals surface area contributed by atoms with E-state index in [1.54, 1.807) is 0 Å². The molecule has 6 heteroatoms. The van der Waals surface area contributed by atoms with Crippen molar-refractivity contribution in [1.82, 2.24) is 4.37 Å². The van der Waals surface area contributed by atoms with E-state index in [0.29, 0.717) is 11.6 Å².